The molecule has 4 nitrogen and oxygen atoms in total. The van der Waals surface area contributed by atoms with Gasteiger partial charge in [-0.3, -0.25) is 9.55 Å². The monoisotopic (exact) mass is 999 g/mol. The molecular weight excluding hydrogens is 938 g/mol. The van der Waals surface area contributed by atoms with Gasteiger partial charge in [0.1, 0.15) is 11.6 Å². The molecule has 0 aliphatic heterocycles. The number of para-hydroxylation sites is 1. The minimum atomic E-state index is -0.271. The molecule has 0 aliphatic carbocycles. The second-order valence-electron chi connectivity index (χ2n) is 18.5. The van der Waals surface area contributed by atoms with Crippen molar-refractivity contribution in [3.05, 3.63) is 167 Å². The Morgan fingerprint density at radius 2 is 1.44 bits per heavy atom. The minimum absolute atomic E-state index is 0. The SMILES string of the molecule is [2H]c1c([2H])c(-c2ccnc(-c3[c-]c(-c4cccc5c4nc(-c4cc(C(C)C)cc(C(C)C)c4O)n5-c4ccc(CC(C)C)cc4-c4ccccc4)cc(C(C)(C)C)c3)c2)c([2H])c([2H])c1C.[Pt]. The first-order valence-corrected chi connectivity index (χ1v) is 21.5. The molecule has 0 radical (unpaired) electrons. The molecule has 0 unspecified atom stereocenters. The van der Waals surface area contributed by atoms with Crippen molar-refractivity contribution in [1.82, 2.24) is 14.5 Å². The molecule has 0 fully saturated rings. The Kier molecular flexibility index (Phi) is 11.4. The average molecular weight is 1000 g/mol. The molecule has 0 saturated heterocycles. The third-order valence-corrected chi connectivity index (χ3v) is 11.5. The summed E-state index contributed by atoms with van der Waals surface area (Å²) in [7, 11) is 0. The van der Waals surface area contributed by atoms with E-state index in [9.17, 15) is 5.11 Å². The second-order valence-corrected chi connectivity index (χ2v) is 18.5. The number of phenols is 1. The van der Waals surface area contributed by atoms with Gasteiger partial charge in [0.2, 0.25) is 0 Å². The van der Waals surface area contributed by atoms with Crippen LogP contribution in [0.2, 0.25) is 0 Å². The van der Waals surface area contributed by atoms with Gasteiger partial charge in [0.15, 0.2) is 0 Å². The summed E-state index contributed by atoms with van der Waals surface area (Å²) in [6.07, 6.45) is 2.59. The zero-order chi connectivity index (χ0) is 46.6. The van der Waals surface area contributed by atoms with Crippen LogP contribution >= 0.6 is 0 Å². The molecule has 0 aliphatic rings. The fraction of sp³-hybridized carbons (Fsp3) is 0.263. The quantitative estimate of drug-likeness (QED) is 0.139. The number of aromatic hydroxyl groups is 1. The predicted molar refractivity (Wildman–Crippen MR) is 257 cm³/mol. The largest absolute Gasteiger partial charge is 0.507 e. The van der Waals surface area contributed by atoms with Gasteiger partial charge in [0.25, 0.3) is 0 Å². The van der Waals surface area contributed by atoms with Gasteiger partial charge in [-0.15, -0.1) is 29.3 Å². The molecule has 1 N–H and O–H groups in total. The van der Waals surface area contributed by atoms with Crippen LogP contribution < -0.4 is 0 Å². The number of imidazole rings is 1. The van der Waals surface area contributed by atoms with Crippen LogP contribution in [0.1, 0.15) is 107 Å². The van der Waals surface area contributed by atoms with E-state index in [2.05, 4.69) is 158 Å². The van der Waals surface area contributed by atoms with Crippen molar-refractivity contribution in [3.8, 4) is 67.5 Å². The summed E-state index contributed by atoms with van der Waals surface area (Å²) in [5.74, 6) is 1.63. The first-order chi connectivity index (χ1) is 30.8. The average Bonchev–Trinajstić information content (AvgIpc) is 3.66. The second kappa shape index (κ2) is 18.0. The number of nitrogens with zero attached hydrogens (tertiary/aromatic N) is 3. The number of fused-ring (bicyclic) bond motifs is 1. The Balaban J connectivity index is 0.00000648. The van der Waals surface area contributed by atoms with Crippen LogP contribution in [-0.4, -0.2) is 19.6 Å². The van der Waals surface area contributed by atoms with Gasteiger partial charge in [-0.05, 0) is 100 Å². The molecule has 5 heteroatoms. The van der Waals surface area contributed by atoms with Crippen LogP contribution in [0.15, 0.2) is 133 Å². The maximum atomic E-state index is 12.3. The van der Waals surface area contributed by atoms with Gasteiger partial charge in [0, 0.05) is 38.5 Å². The molecule has 0 atom stereocenters. The van der Waals surface area contributed by atoms with Crippen molar-refractivity contribution < 1.29 is 31.7 Å². The summed E-state index contributed by atoms with van der Waals surface area (Å²) in [4.78, 5) is 10.4. The Labute approximate surface area is 389 Å². The number of benzene rings is 6. The molecule has 0 spiro atoms. The fourth-order valence-corrected chi connectivity index (χ4v) is 8.13. The van der Waals surface area contributed by atoms with Crippen LogP contribution in [0.3, 0.4) is 0 Å². The van der Waals surface area contributed by atoms with Gasteiger partial charge in [-0.25, -0.2) is 4.98 Å². The fourth-order valence-electron chi connectivity index (χ4n) is 8.13. The molecule has 318 valence electrons. The van der Waals surface area contributed by atoms with Crippen molar-refractivity contribution >= 4 is 11.0 Å². The van der Waals surface area contributed by atoms with Gasteiger partial charge in [-0.1, -0.05) is 164 Å². The van der Waals surface area contributed by atoms with Crippen molar-refractivity contribution in [2.45, 2.75) is 92.9 Å². The van der Waals surface area contributed by atoms with Gasteiger partial charge in [-0.2, -0.15) is 0 Å². The molecule has 8 rings (SSSR count). The van der Waals surface area contributed by atoms with Crippen molar-refractivity contribution in [3.63, 3.8) is 0 Å². The van der Waals surface area contributed by atoms with E-state index >= 15 is 0 Å². The van der Waals surface area contributed by atoms with Crippen LogP contribution in [0.25, 0.3) is 72.7 Å². The van der Waals surface area contributed by atoms with E-state index < -0.39 is 0 Å². The van der Waals surface area contributed by atoms with E-state index in [1.807, 2.05) is 12.1 Å². The number of hydrogen-bond donors (Lipinski definition) is 1. The summed E-state index contributed by atoms with van der Waals surface area (Å²) in [5.41, 5.74) is 13.6. The molecule has 0 saturated carbocycles. The Morgan fingerprint density at radius 1 is 0.710 bits per heavy atom. The first-order valence-electron chi connectivity index (χ1n) is 23.5. The molecule has 6 aromatic carbocycles. The summed E-state index contributed by atoms with van der Waals surface area (Å²) in [5, 5.41) is 12.3. The summed E-state index contributed by atoms with van der Waals surface area (Å²) < 4.78 is 36.9. The smallest absolute Gasteiger partial charge is 0.148 e. The van der Waals surface area contributed by atoms with Crippen molar-refractivity contribution in [2.75, 3.05) is 0 Å². The number of pyridine rings is 1. The third kappa shape index (κ3) is 8.99. The van der Waals surface area contributed by atoms with Crippen molar-refractivity contribution in [1.29, 1.82) is 0 Å². The summed E-state index contributed by atoms with van der Waals surface area (Å²) >= 11 is 0. The Hall–Kier alpha value is -5.57. The maximum absolute atomic E-state index is 12.3. The molecule has 0 amide bonds. The van der Waals surface area contributed by atoms with Gasteiger partial charge in [0.05, 0.1) is 27.8 Å². The molecule has 0 bridgehead atoms. The molecule has 2 heterocycles. The predicted octanol–water partition coefficient (Wildman–Crippen LogP) is 15.3. The minimum Gasteiger partial charge on any atom is -0.507 e. The Morgan fingerprint density at radius 3 is 2.11 bits per heavy atom. The van der Waals surface area contributed by atoms with E-state index in [4.69, 9.17) is 15.5 Å². The van der Waals surface area contributed by atoms with E-state index in [-0.39, 0.29) is 73.8 Å². The van der Waals surface area contributed by atoms with Gasteiger partial charge >= 0.3 is 0 Å². The van der Waals surface area contributed by atoms with Gasteiger partial charge < -0.3 is 5.11 Å². The molecule has 2 aromatic heterocycles. The normalized spacial score (nSPS) is 12.7. The third-order valence-electron chi connectivity index (χ3n) is 11.5. The number of phenolic OH excluding ortho intramolecular Hbond substituents is 1. The standard InChI is InChI=1S/C57H58N3O.Pt/c1-35(2)27-39-21-24-52(49(28-39)41-15-12-11-13-16-41)60-53-18-14-17-47(54(53)59-56(60)50-33-43(36(3)4)32-48(37(5)6)55(50)61)44-29-45(31-46(30-44)57(8,9)10)51-34-42(25-26-58-51)40-22-19-38(7)20-23-40;/h11-26,28,30-37,61H,27H2,1-10H3;/q-1;/i19D,20D,22D,23D;. The number of rotatable bonds is 10. The van der Waals surface area contributed by atoms with E-state index in [0.29, 0.717) is 34.1 Å². The summed E-state index contributed by atoms with van der Waals surface area (Å²) in [6.45, 7) is 21.2. The van der Waals surface area contributed by atoms with E-state index in [0.717, 1.165) is 67.6 Å². The summed E-state index contributed by atoms with van der Waals surface area (Å²) in [6, 6.07) is 39.0. The number of hydrogen-bond acceptors (Lipinski definition) is 3. The van der Waals surface area contributed by atoms with Crippen LogP contribution in [0, 0.1) is 18.9 Å². The molecular formula is C57H58N3OPt-. The molecule has 8 aromatic rings. The van der Waals surface area contributed by atoms with E-state index in [1.54, 1.807) is 19.2 Å². The zero-order valence-corrected chi connectivity index (χ0v) is 39.7. The van der Waals surface area contributed by atoms with Crippen molar-refractivity contribution in [2.24, 2.45) is 5.92 Å². The number of aromatic nitrogens is 3. The Bertz CT molecular complexity index is 3080. The maximum Gasteiger partial charge on any atom is 0.148 e. The first kappa shape index (κ1) is 39.3. The zero-order valence-electron chi connectivity index (χ0n) is 41.4. The van der Waals surface area contributed by atoms with Crippen LogP contribution in [0.4, 0.5) is 0 Å². The van der Waals surface area contributed by atoms with E-state index in [1.165, 1.54) is 5.56 Å². The van der Waals surface area contributed by atoms with Crippen LogP contribution in [0.5, 0.6) is 5.75 Å². The van der Waals surface area contributed by atoms with Crippen LogP contribution in [-0.2, 0) is 32.9 Å². The topological polar surface area (TPSA) is 50.9 Å². The molecule has 62 heavy (non-hydrogen) atoms.